The minimum absolute atomic E-state index is 0.296. The van der Waals surface area contributed by atoms with E-state index in [2.05, 4.69) is 0 Å². The third-order valence-corrected chi connectivity index (χ3v) is 6.90. The van der Waals surface area contributed by atoms with E-state index in [9.17, 15) is 4.57 Å². The van der Waals surface area contributed by atoms with E-state index in [-0.39, 0.29) is 0 Å². The molecule has 3 aromatic rings. The van der Waals surface area contributed by atoms with E-state index in [1.165, 1.54) is 0 Å². The van der Waals surface area contributed by atoms with Crippen molar-refractivity contribution in [1.82, 2.24) is 0 Å². The van der Waals surface area contributed by atoms with Crippen LogP contribution in [-0.2, 0) is 13.6 Å². The number of benzene rings is 3. The Morgan fingerprint density at radius 3 is 2.21 bits per heavy atom. The second kappa shape index (κ2) is 7.90. The van der Waals surface area contributed by atoms with E-state index >= 15 is 0 Å². The predicted octanol–water partition coefficient (Wildman–Crippen LogP) is 5.81. The Bertz CT molecular complexity index is 1100. The largest absolute Gasteiger partial charge is 0.497 e. The standard InChI is InChI=1S/C24H23O4P/c1-4-27-29(25)22-8-6-5-7-21(22)23(18-13-15-20(26-3)16-14-18)24(28-29)19-11-9-17(2)10-12-19/h5-16H,4H2,1-3H3. The highest BCUT2D eigenvalue weighted by Crippen LogP contribution is 2.57. The maximum Gasteiger partial charge on any atom is 0.411 e. The van der Waals surface area contributed by atoms with E-state index < -0.39 is 7.60 Å². The summed E-state index contributed by atoms with van der Waals surface area (Å²) in [6.45, 7) is 4.15. The van der Waals surface area contributed by atoms with Crippen molar-refractivity contribution in [2.45, 2.75) is 13.8 Å². The third kappa shape index (κ3) is 3.62. The summed E-state index contributed by atoms with van der Waals surface area (Å²) < 4.78 is 30.8. The molecule has 1 aliphatic rings. The van der Waals surface area contributed by atoms with Crippen LogP contribution in [0, 0.1) is 6.92 Å². The third-order valence-electron chi connectivity index (χ3n) is 4.90. The molecule has 3 aromatic carbocycles. The Kier molecular flexibility index (Phi) is 5.31. The second-order valence-corrected chi connectivity index (χ2v) is 8.74. The molecule has 0 aromatic heterocycles. The predicted molar refractivity (Wildman–Crippen MR) is 116 cm³/mol. The molecule has 29 heavy (non-hydrogen) atoms. The summed E-state index contributed by atoms with van der Waals surface area (Å²) >= 11 is 0. The highest BCUT2D eigenvalue weighted by Gasteiger charge is 2.39. The average Bonchev–Trinajstić information content (AvgIpc) is 2.75. The summed E-state index contributed by atoms with van der Waals surface area (Å²) in [6, 6.07) is 23.4. The van der Waals surface area contributed by atoms with Crippen LogP contribution in [0.15, 0.2) is 72.8 Å². The van der Waals surface area contributed by atoms with Gasteiger partial charge < -0.3 is 9.26 Å². The van der Waals surface area contributed by atoms with E-state index in [0.717, 1.165) is 33.6 Å². The molecule has 1 atom stereocenters. The van der Waals surface area contributed by atoms with Crippen LogP contribution in [0.4, 0.5) is 0 Å². The monoisotopic (exact) mass is 406 g/mol. The van der Waals surface area contributed by atoms with Gasteiger partial charge in [-0.15, -0.1) is 0 Å². The number of aryl methyl sites for hydroxylation is 1. The molecule has 0 radical (unpaired) electrons. The van der Waals surface area contributed by atoms with Crippen molar-refractivity contribution in [1.29, 1.82) is 0 Å². The van der Waals surface area contributed by atoms with Crippen LogP contribution in [0.5, 0.6) is 5.75 Å². The number of rotatable bonds is 5. The van der Waals surface area contributed by atoms with E-state index in [4.69, 9.17) is 13.8 Å². The quantitative estimate of drug-likeness (QED) is 0.502. The number of hydrogen-bond donors (Lipinski definition) is 0. The van der Waals surface area contributed by atoms with Crippen LogP contribution >= 0.6 is 7.60 Å². The van der Waals surface area contributed by atoms with Crippen molar-refractivity contribution in [2.75, 3.05) is 13.7 Å². The molecule has 0 amide bonds. The molecule has 1 aliphatic heterocycles. The normalized spacial score (nSPS) is 18.2. The zero-order valence-corrected chi connectivity index (χ0v) is 17.6. The fourth-order valence-corrected chi connectivity index (χ4v) is 5.29. The van der Waals surface area contributed by atoms with Gasteiger partial charge in [-0.3, -0.25) is 4.52 Å². The van der Waals surface area contributed by atoms with Gasteiger partial charge in [-0.05, 0) is 37.6 Å². The van der Waals surface area contributed by atoms with Gasteiger partial charge in [-0.1, -0.05) is 60.2 Å². The Balaban J connectivity index is 2.00. The lowest BCUT2D eigenvalue weighted by molar-refractivity contribution is 0.279. The molecular weight excluding hydrogens is 383 g/mol. The van der Waals surface area contributed by atoms with Crippen molar-refractivity contribution in [2.24, 2.45) is 0 Å². The first-order valence-corrected chi connectivity index (χ1v) is 11.1. The van der Waals surface area contributed by atoms with Crippen LogP contribution in [0.2, 0.25) is 0 Å². The molecule has 0 bridgehead atoms. The van der Waals surface area contributed by atoms with Gasteiger partial charge in [0.2, 0.25) is 0 Å². The molecule has 4 rings (SSSR count). The summed E-state index contributed by atoms with van der Waals surface area (Å²) in [6.07, 6.45) is 0. The minimum atomic E-state index is -3.49. The molecule has 5 heteroatoms. The maximum atomic E-state index is 13.7. The summed E-state index contributed by atoms with van der Waals surface area (Å²) in [5.74, 6) is 1.34. The summed E-state index contributed by atoms with van der Waals surface area (Å²) in [4.78, 5) is 0. The van der Waals surface area contributed by atoms with E-state index in [1.807, 2.05) is 86.6 Å². The van der Waals surface area contributed by atoms with E-state index in [0.29, 0.717) is 17.7 Å². The molecule has 0 saturated carbocycles. The molecule has 0 saturated heterocycles. The average molecular weight is 406 g/mol. The molecule has 0 spiro atoms. The SMILES string of the molecule is CCOP1(=O)OC(c2ccc(C)cc2)=C(c2ccc(OC)cc2)c2ccccc21. The molecule has 0 N–H and O–H groups in total. The highest BCUT2D eigenvalue weighted by atomic mass is 31.2. The second-order valence-electron chi connectivity index (χ2n) is 6.82. The lowest BCUT2D eigenvalue weighted by Gasteiger charge is -2.30. The van der Waals surface area contributed by atoms with Crippen molar-refractivity contribution in [3.63, 3.8) is 0 Å². The van der Waals surface area contributed by atoms with Crippen LogP contribution < -0.4 is 10.0 Å². The zero-order chi connectivity index (χ0) is 20.4. The summed E-state index contributed by atoms with van der Waals surface area (Å²) in [5, 5.41) is 0.587. The van der Waals surface area contributed by atoms with Crippen LogP contribution in [0.25, 0.3) is 11.3 Å². The highest BCUT2D eigenvalue weighted by molar-refractivity contribution is 7.62. The van der Waals surface area contributed by atoms with Crippen molar-refractivity contribution in [3.05, 3.63) is 95.1 Å². The molecule has 0 fully saturated rings. The van der Waals surface area contributed by atoms with Crippen LogP contribution in [-0.4, -0.2) is 13.7 Å². The fraction of sp³-hybridized carbons (Fsp3) is 0.167. The Morgan fingerprint density at radius 2 is 1.55 bits per heavy atom. The molecule has 1 heterocycles. The number of fused-ring (bicyclic) bond motifs is 1. The number of hydrogen-bond acceptors (Lipinski definition) is 4. The lowest BCUT2D eigenvalue weighted by Crippen LogP contribution is -2.20. The van der Waals surface area contributed by atoms with Crippen molar-refractivity contribution >= 4 is 24.2 Å². The minimum Gasteiger partial charge on any atom is -0.497 e. The van der Waals surface area contributed by atoms with Gasteiger partial charge in [0.05, 0.1) is 19.0 Å². The molecule has 148 valence electrons. The van der Waals surface area contributed by atoms with Gasteiger partial charge in [0.1, 0.15) is 11.5 Å². The molecule has 1 unspecified atom stereocenters. The van der Waals surface area contributed by atoms with Gasteiger partial charge in [-0.2, -0.15) is 0 Å². The first-order chi connectivity index (χ1) is 14.1. The first-order valence-electron chi connectivity index (χ1n) is 9.55. The smallest absolute Gasteiger partial charge is 0.411 e. The fourth-order valence-electron chi connectivity index (χ4n) is 3.47. The molecular formula is C24H23O4P. The van der Waals surface area contributed by atoms with Gasteiger partial charge in [0.15, 0.2) is 0 Å². The maximum absolute atomic E-state index is 13.7. The first kappa shape index (κ1) is 19.5. The topological polar surface area (TPSA) is 44.8 Å². The Labute approximate surface area is 171 Å². The van der Waals surface area contributed by atoms with Crippen molar-refractivity contribution in [3.8, 4) is 5.75 Å². The Morgan fingerprint density at radius 1 is 0.897 bits per heavy atom. The van der Waals surface area contributed by atoms with Gasteiger partial charge in [0, 0.05) is 16.7 Å². The Hall–Kier alpha value is -2.81. The molecule has 4 nitrogen and oxygen atoms in total. The lowest BCUT2D eigenvalue weighted by atomic mass is 9.93. The number of methoxy groups -OCH3 is 1. The van der Waals surface area contributed by atoms with E-state index in [1.54, 1.807) is 7.11 Å². The molecule has 0 aliphatic carbocycles. The summed E-state index contributed by atoms with van der Waals surface area (Å²) in [7, 11) is -1.85. The van der Waals surface area contributed by atoms with Gasteiger partial charge >= 0.3 is 7.60 Å². The van der Waals surface area contributed by atoms with Crippen LogP contribution in [0.3, 0.4) is 0 Å². The zero-order valence-electron chi connectivity index (χ0n) is 16.7. The van der Waals surface area contributed by atoms with Crippen molar-refractivity contribution < 1.29 is 18.3 Å². The van der Waals surface area contributed by atoms with Gasteiger partial charge in [0.25, 0.3) is 0 Å². The van der Waals surface area contributed by atoms with Crippen LogP contribution in [0.1, 0.15) is 29.2 Å². The summed E-state index contributed by atoms with van der Waals surface area (Å²) in [5.41, 5.74) is 4.70. The number of ether oxygens (including phenoxy) is 1. The van der Waals surface area contributed by atoms with Gasteiger partial charge in [-0.25, -0.2) is 4.57 Å².